The minimum absolute atomic E-state index is 0.178. The fourth-order valence-corrected chi connectivity index (χ4v) is 2.33. The number of carbonyl (C=O) groups excluding carboxylic acids is 2. The summed E-state index contributed by atoms with van der Waals surface area (Å²) in [6.07, 6.45) is 0.178. The van der Waals surface area contributed by atoms with E-state index in [2.05, 4.69) is 10.1 Å². The Hall–Kier alpha value is -2.76. The van der Waals surface area contributed by atoms with Crippen LogP contribution in [0.1, 0.15) is 21.5 Å². The number of nitrogens with one attached hydrogen (secondary N) is 1. The van der Waals surface area contributed by atoms with Gasteiger partial charge in [-0.3, -0.25) is 4.79 Å². The summed E-state index contributed by atoms with van der Waals surface area (Å²) in [7, 11) is 1.19. The molecule has 6 heteroatoms. The zero-order valence-corrected chi connectivity index (χ0v) is 13.3. The van der Waals surface area contributed by atoms with Gasteiger partial charge >= 0.3 is 5.97 Å². The fraction of sp³-hybridized carbons (Fsp3) is 0.222. The molecule has 2 aromatic carbocycles. The Bertz CT molecular complexity index is 762. The molecule has 0 bridgehead atoms. The molecule has 0 aliphatic heterocycles. The summed E-state index contributed by atoms with van der Waals surface area (Å²) < 4.78 is 31.6. The van der Waals surface area contributed by atoms with Gasteiger partial charge < -0.3 is 10.1 Å². The number of esters is 1. The van der Waals surface area contributed by atoms with Crippen LogP contribution in [0.2, 0.25) is 0 Å². The van der Waals surface area contributed by atoms with E-state index in [9.17, 15) is 18.4 Å². The highest BCUT2D eigenvalue weighted by molar-refractivity contribution is 5.97. The van der Waals surface area contributed by atoms with Crippen LogP contribution >= 0.6 is 0 Å². The number of hydrogen-bond acceptors (Lipinski definition) is 3. The molecule has 0 aliphatic carbocycles. The molecule has 0 heterocycles. The van der Waals surface area contributed by atoms with E-state index in [0.717, 1.165) is 23.3 Å². The quantitative estimate of drug-likeness (QED) is 0.856. The first-order chi connectivity index (χ1) is 11.4. The van der Waals surface area contributed by atoms with Crippen LogP contribution in [-0.2, 0) is 16.0 Å². The van der Waals surface area contributed by atoms with Crippen molar-refractivity contribution >= 4 is 11.9 Å². The van der Waals surface area contributed by atoms with Crippen molar-refractivity contribution in [3.05, 3.63) is 70.8 Å². The van der Waals surface area contributed by atoms with Gasteiger partial charge in [-0.25, -0.2) is 13.6 Å². The summed E-state index contributed by atoms with van der Waals surface area (Å²) in [5.41, 5.74) is 1.34. The first-order valence-electron chi connectivity index (χ1n) is 7.30. The van der Waals surface area contributed by atoms with Gasteiger partial charge in [-0.1, -0.05) is 35.9 Å². The number of hydrogen-bond donors (Lipinski definition) is 1. The molecule has 0 radical (unpaired) electrons. The number of ether oxygens (including phenoxy) is 1. The maximum atomic E-state index is 13.7. The van der Waals surface area contributed by atoms with Gasteiger partial charge in [0.15, 0.2) is 11.6 Å². The molecule has 2 aromatic rings. The van der Waals surface area contributed by atoms with Gasteiger partial charge in [-0.2, -0.15) is 0 Å². The van der Waals surface area contributed by atoms with Crippen LogP contribution in [-0.4, -0.2) is 25.0 Å². The molecule has 0 aliphatic rings. The number of halogens is 2. The second-order valence-corrected chi connectivity index (χ2v) is 5.34. The zero-order chi connectivity index (χ0) is 17.7. The Kier molecular flexibility index (Phi) is 5.63. The van der Waals surface area contributed by atoms with Gasteiger partial charge in [0.25, 0.3) is 5.91 Å². The largest absolute Gasteiger partial charge is 0.467 e. The average molecular weight is 333 g/mol. The maximum absolute atomic E-state index is 13.7. The number of aryl methyl sites for hydroxylation is 1. The van der Waals surface area contributed by atoms with Crippen molar-refractivity contribution in [3.8, 4) is 0 Å². The van der Waals surface area contributed by atoms with E-state index in [1.54, 1.807) is 6.07 Å². The molecule has 0 saturated carbocycles. The van der Waals surface area contributed by atoms with E-state index in [4.69, 9.17) is 0 Å². The molecule has 1 N–H and O–H groups in total. The molecule has 24 heavy (non-hydrogen) atoms. The van der Waals surface area contributed by atoms with Gasteiger partial charge in [0, 0.05) is 6.42 Å². The predicted octanol–water partition coefficient (Wildman–Crippen LogP) is 2.79. The molecule has 0 fully saturated rings. The monoisotopic (exact) mass is 333 g/mol. The van der Waals surface area contributed by atoms with Crippen LogP contribution in [0.15, 0.2) is 42.5 Å². The van der Waals surface area contributed by atoms with Crippen molar-refractivity contribution in [2.45, 2.75) is 19.4 Å². The highest BCUT2D eigenvalue weighted by Gasteiger charge is 2.24. The maximum Gasteiger partial charge on any atom is 0.328 e. The predicted molar refractivity (Wildman–Crippen MR) is 84.5 cm³/mol. The number of carbonyl (C=O) groups is 2. The van der Waals surface area contributed by atoms with Crippen molar-refractivity contribution in [2.24, 2.45) is 0 Å². The van der Waals surface area contributed by atoms with Crippen LogP contribution in [0.5, 0.6) is 0 Å². The summed E-state index contributed by atoms with van der Waals surface area (Å²) in [5.74, 6) is -3.93. The van der Waals surface area contributed by atoms with Gasteiger partial charge in [-0.05, 0) is 24.6 Å². The third-order valence-corrected chi connectivity index (χ3v) is 3.51. The lowest BCUT2D eigenvalue weighted by atomic mass is 10.0. The Balaban J connectivity index is 2.21. The van der Waals surface area contributed by atoms with Crippen LogP contribution < -0.4 is 5.32 Å². The second-order valence-electron chi connectivity index (χ2n) is 5.34. The number of rotatable bonds is 5. The average Bonchev–Trinajstić information content (AvgIpc) is 2.56. The second kappa shape index (κ2) is 7.68. The minimum atomic E-state index is -1.26. The zero-order valence-electron chi connectivity index (χ0n) is 13.3. The topological polar surface area (TPSA) is 55.4 Å². The Labute approximate surface area is 138 Å². The summed E-state index contributed by atoms with van der Waals surface area (Å²) in [4.78, 5) is 24.1. The van der Waals surface area contributed by atoms with E-state index < -0.39 is 35.1 Å². The first kappa shape index (κ1) is 17.6. The normalized spacial score (nSPS) is 11.7. The Morgan fingerprint density at radius 2 is 1.88 bits per heavy atom. The van der Waals surface area contributed by atoms with Gasteiger partial charge in [0.1, 0.15) is 6.04 Å². The van der Waals surface area contributed by atoms with E-state index in [-0.39, 0.29) is 6.42 Å². The van der Waals surface area contributed by atoms with Crippen molar-refractivity contribution in [2.75, 3.05) is 7.11 Å². The van der Waals surface area contributed by atoms with Crippen LogP contribution in [0.3, 0.4) is 0 Å². The lowest BCUT2D eigenvalue weighted by Crippen LogP contribution is -2.43. The lowest BCUT2D eigenvalue weighted by Gasteiger charge is -2.17. The summed E-state index contributed by atoms with van der Waals surface area (Å²) in [5, 5.41) is 2.40. The lowest BCUT2D eigenvalue weighted by molar-refractivity contribution is -0.142. The Morgan fingerprint density at radius 3 is 2.54 bits per heavy atom. The van der Waals surface area contributed by atoms with Crippen LogP contribution in [0.25, 0.3) is 0 Å². The fourth-order valence-electron chi connectivity index (χ4n) is 2.33. The number of methoxy groups -OCH3 is 1. The molecule has 4 nitrogen and oxygen atoms in total. The first-order valence-corrected chi connectivity index (χ1v) is 7.30. The smallest absolute Gasteiger partial charge is 0.328 e. The number of amides is 1. The third-order valence-electron chi connectivity index (χ3n) is 3.51. The molecule has 0 spiro atoms. The van der Waals surface area contributed by atoms with E-state index in [0.29, 0.717) is 0 Å². The van der Waals surface area contributed by atoms with Crippen LogP contribution in [0.4, 0.5) is 8.78 Å². The number of benzene rings is 2. The van der Waals surface area contributed by atoms with Crippen LogP contribution in [0, 0.1) is 18.6 Å². The molecule has 2 rings (SSSR count). The third kappa shape index (κ3) is 4.16. The highest BCUT2D eigenvalue weighted by atomic mass is 19.2. The van der Waals surface area contributed by atoms with Gasteiger partial charge in [0.05, 0.1) is 12.7 Å². The molecular formula is C18H17F2NO3. The van der Waals surface area contributed by atoms with E-state index >= 15 is 0 Å². The molecule has 1 amide bonds. The molecule has 0 aromatic heterocycles. The van der Waals surface area contributed by atoms with Crippen molar-refractivity contribution in [3.63, 3.8) is 0 Å². The van der Waals surface area contributed by atoms with E-state index in [1.165, 1.54) is 13.2 Å². The molecule has 126 valence electrons. The SMILES string of the molecule is COC(=O)[C@H](Cc1cccc(C)c1)NC(=O)c1cccc(F)c1F. The van der Waals surface area contributed by atoms with E-state index in [1.807, 2.05) is 25.1 Å². The van der Waals surface area contributed by atoms with Gasteiger partial charge in [0.2, 0.25) is 0 Å². The standard InChI is InChI=1S/C18H17F2NO3/c1-11-5-3-6-12(9-11)10-15(18(23)24-2)21-17(22)13-7-4-8-14(19)16(13)20/h3-9,15H,10H2,1-2H3,(H,21,22)/t15-/m0/s1. The minimum Gasteiger partial charge on any atom is -0.467 e. The summed E-state index contributed by atoms with van der Waals surface area (Å²) >= 11 is 0. The van der Waals surface area contributed by atoms with Crippen molar-refractivity contribution in [1.82, 2.24) is 5.32 Å². The highest BCUT2D eigenvalue weighted by Crippen LogP contribution is 2.13. The Morgan fingerprint density at radius 1 is 1.17 bits per heavy atom. The summed E-state index contributed by atoms with van der Waals surface area (Å²) in [6.45, 7) is 1.90. The summed E-state index contributed by atoms with van der Waals surface area (Å²) in [6, 6.07) is 9.67. The molecular weight excluding hydrogens is 316 g/mol. The van der Waals surface area contributed by atoms with Crippen molar-refractivity contribution in [1.29, 1.82) is 0 Å². The molecule has 0 unspecified atom stereocenters. The van der Waals surface area contributed by atoms with Gasteiger partial charge in [-0.15, -0.1) is 0 Å². The molecule has 0 saturated heterocycles. The van der Waals surface area contributed by atoms with Crippen molar-refractivity contribution < 1.29 is 23.1 Å². The molecule has 1 atom stereocenters.